The summed E-state index contributed by atoms with van der Waals surface area (Å²) in [6.07, 6.45) is 2.43. The Kier molecular flexibility index (Phi) is 8.07. The fourth-order valence-electron chi connectivity index (χ4n) is 3.28. The maximum atomic E-state index is 9.56. The number of aryl methyl sites for hydroxylation is 1. The number of nitrogens with zero attached hydrogens (tertiary/aromatic N) is 5. The van der Waals surface area contributed by atoms with Crippen LogP contribution in [0, 0.1) is 11.3 Å². The van der Waals surface area contributed by atoms with Crippen molar-refractivity contribution in [3.8, 4) is 11.8 Å². The van der Waals surface area contributed by atoms with Crippen LogP contribution in [0.5, 0.6) is 0 Å². The molecule has 0 atom stereocenters. The lowest BCUT2D eigenvalue weighted by Crippen LogP contribution is -2.40. The molecule has 8 heteroatoms. The van der Waals surface area contributed by atoms with E-state index in [1.807, 2.05) is 30.3 Å². The highest BCUT2D eigenvalue weighted by atomic mass is 32.1. The van der Waals surface area contributed by atoms with Crippen molar-refractivity contribution < 1.29 is 0 Å². The van der Waals surface area contributed by atoms with Crippen LogP contribution in [0.15, 0.2) is 52.8 Å². The molecule has 0 bridgehead atoms. The van der Waals surface area contributed by atoms with Gasteiger partial charge in [0.05, 0.1) is 11.4 Å². The minimum atomic E-state index is 0.383. The molecule has 7 nitrogen and oxygen atoms in total. The Labute approximate surface area is 187 Å². The molecule has 0 amide bonds. The van der Waals surface area contributed by atoms with Crippen LogP contribution in [0.4, 0.5) is 5.82 Å². The highest BCUT2D eigenvalue weighted by Gasteiger charge is 2.16. The lowest BCUT2D eigenvalue weighted by Gasteiger charge is -2.21. The Balaban J connectivity index is 1.61. The highest BCUT2D eigenvalue weighted by molar-refractivity contribution is 7.09. The second-order valence-corrected chi connectivity index (χ2v) is 8.19. The molecule has 1 aromatic carbocycles. The highest BCUT2D eigenvalue weighted by Crippen LogP contribution is 2.21. The molecule has 0 saturated carbocycles. The Hall–Kier alpha value is -3.31. The molecule has 0 aliphatic heterocycles. The number of anilines is 1. The number of hydrogen-bond acceptors (Lipinski definition) is 5. The number of hydrogen-bond donors (Lipinski definition) is 2. The summed E-state index contributed by atoms with van der Waals surface area (Å²) in [5.74, 6) is 1.28. The third-order valence-electron chi connectivity index (χ3n) is 4.91. The number of aliphatic imine (C=N–C) groups is 1. The van der Waals surface area contributed by atoms with E-state index in [2.05, 4.69) is 52.9 Å². The molecule has 0 aliphatic rings. The number of rotatable bonds is 9. The quantitative estimate of drug-likeness (QED) is 0.305. The topological polar surface area (TPSA) is 95.3 Å². The van der Waals surface area contributed by atoms with E-state index >= 15 is 0 Å². The van der Waals surface area contributed by atoms with Crippen molar-refractivity contribution in [1.82, 2.24) is 20.0 Å². The Morgan fingerprint density at radius 1 is 1.26 bits per heavy atom. The van der Waals surface area contributed by atoms with Gasteiger partial charge >= 0.3 is 0 Å². The second-order valence-electron chi connectivity index (χ2n) is 7.16. The monoisotopic (exact) mass is 435 g/mol. The van der Waals surface area contributed by atoms with Gasteiger partial charge in [-0.05, 0) is 49.8 Å². The minimum absolute atomic E-state index is 0.383. The van der Waals surface area contributed by atoms with Gasteiger partial charge in [-0.25, -0.2) is 4.68 Å². The zero-order valence-corrected chi connectivity index (χ0v) is 18.9. The lowest BCUT2D eigenvalue weighted by molar-refractivity contribution is 0.486. The van der Waals surface area contributed by atoms with E-state index in [1.54, 1.807) is 16.0 Å². The van der Waals surface area contributed by atoms with E-state index in [9.17, 15) is 5.26 Å². The van der Waals surface area contributed by atoms with Crippen LogP contribution in [-0.2, 0) is 12.8 Å². The molecule has 3 aromatic rings. The predicted molar refractivity (Wildman–Crippen MR) is 128 cm³/mol. The average Bonchev–Trinajstić information content (AvgIpc) is 3.42. The van der Waals surface area contributed by atoms with Crippen molar-refractivity contribution in [2.45, 2.75) is 26.2 Å². The maximum Gasteiger partial charge on any atom is 0.193 e. The molecule has 0 aliphatic carbocycles. The van der Waals surface area contributed by atoms with Gasteiger partial charge in [0.15, 0.2) is 5.96 Å². The van der Waals surface area contributed by atoms with Crippen LogP contribution in [0.25, 0.3) is 5.69 Å². The van der Waals surface area contributed by atoms with E-state index in [0.29, 0.717) is 24.3 Å². The summed E-state index contributed by atoms with van der Waals surface area (Å²) in [7, 11) is 2.06. The van der Waals surface area contributed by atoms with Crippen molar-refractivity contribution in [3.63, 3.8) is 0 Å². The summed E-state index contributed by atoms with van der Waals surface area (Å²) < 4.78 is 1.64. The van der Waals surface area contributed by atoms with Crippen molar-refractivity contribution >= 4 is 23.1 Å². The second kappa shape index (κ2) is 11.2. The first-order valence-corrected chi connectivity index (χ1v) is 11.4. The van der Waals surface area contributed by atoms with E-state index < -0.39 is 0 Å². The van der Waals surface area contributed by atoms with Crippen LogP contribution < -0.4 is 11.1 Å². The van der Waals surface area contributed by atoms with Gasteiger partial charge in [-0.15, -0.1) is 11.3 Å². The van der Waals surface area contributed by atoms with Gasteiger partial charge in [0.2, 0.25) is 0 Å². The van der Waals surface area contributed by atoms with Crippen molar-refractivity contribution in [1.29, 1.82) is 5.26 Å². The van der Waals surface area contributed by atoms with Gasteiger partial charge in [0.1, 0.15) is 17.5 Å². The number of nitrogens with two attached hydrogens (primary N) is 1. The fourth-order valence-corrected chi connectivity index (χ4v) is 3.98. The van der Waals surface area contributed by atoms with Crippen LogP contribution >= 0.6 is 11.3 Å². The summed E-state index contributed by atoms with van der Waals surface area (Å²) >= 11 is 1.78. The largest absolute Gasteiger partial charge is 0.382 e. The summed E-state index contributed by atoms with van der Waals surface area (Å²) in [5, 5.41) is 19.6. The molecule has 162 valence electrons. The third-order valence-corrected chi connectivity index (χ3v) is 5.85. The number of likely N-dealkylation sites (N-methyl/N-ethyl adjacent to an activating group) is 1. The van der Waals surface area contributed by atoms with Gasteiger partial charge in [-0.2, -0.15) is 10.4 Å². The van der Waals surface area contributed by atoms with Crippen LogP contribution in [0.2, 0.25) is 0 Å². The fraction of sp³-hybridized carbons (Fsp3) is 0.348. The van der Waals surface area contributed by atoms with Gasteiger partial charge < -0.3 is 16.0 Å². The molecule has 2 heterocycles. The molecule has 3 rings (SSSR count). The number of benzene rings is 1. The van der Waals surface area contributed by atoms with Gasteiger partial charge in [0, 0.05) is 31.6 Å². The zero-order chi connectivity index (χ0) is 22.1. The van der Waals surface area contributed by atoms with Crippen molar-refractivity contribution in [2.75, 3.05) is 32.4 Å². The number of nitriles is 1. The molecule has 0 saturated heterocycles. The first-order chi connectivity index (χ1) is 15.1. The predicted octanol–water partition coefficient (Wildman–Crippen LogP) is 3.46. The molecule has 2 aromatic heterocycles. The SMILES string of the molecule is CCNC(=NCCCc1nn(-c2ccccc2)c(N)c1C#N)N(C)CCc1cccs1. The van der Waals surface area contributed by atoms with Crippen molar-refractivity contribution in [2.24, 2.45) is 4.99 Å². The van der Waals surface area contributed by atoms with E-state index in [-0.39, 0.29) is 0 Å². The van der Waals surface area contributed by atoms with Gasteiger partial charge in [0.25, 0.3) is 0 Å². The van der Waals surface area contributed by atoms with Crippen LogP contribution in [0.1, 0.15) is 29.5 Å². The molecular formula is C23H29N7S. The first-order valence-electron chi connectivity index (χ1n) is 10.5. The standard InChI is InChI=1S/C23H29N7S/c1-3-26-23(29(2)15-13-19-11-8-16-31-19)27-14-7-12-21-20(17-24)22(25)30(28-21)18-9-5-4-6-10-18/h4-6,8-11,16H,3,7,12-15,25H2,1-2H3,(H,26,27). The number of guanidine groups is 1. The summed E-state index contributed by atoms with van der Waals surface area (Å²) in [6, 6.07) is 16.1. The molecule has 0 unspecified atom stereocenters. The number of nitrogen functional groups attached to an aromatic ring is 1. The van der Waals surface area contributed by atoms with E-state index in [4.69, 9.17) is 10.7 Å². The Morgan fingerprint density at radius 3 is 2.74 bits per heavy atom. The average molecular weight is 436 g/mol. The molecule has 31 heavy (non-hydrogen) atoms. The minimum Gasteiger partial charge on any atom is -0.382 e. The van der Waals surface area contributed by atoms with Gasteiger partial charge in [-0.1, -0.05) is 24.3 Å². The Morgan fingerprint density at radius 2 is 2.06 bits per heavy atom. The first kappa shape index (κ1) is 22.4. The normalized spacial score (nSPS) is 11.3. The summed E-state index contributed by atoms with van der Waals surface area (Å²) in [6.45, 7) is 4.44. The smallest absolute Gasteiger partial charge is 0.193 e. The molecule has 0 radical (unpaired) electrons. The number of nitrogens with one attached hydrogen (secondary N) is 1. The van der Waals surface area contributed by atoms with E-state index in [0.717, 1.165) is 43.3 Å². The Bertz CT molecular complexity index is 1020. The molecule has 3 N–H and O–H groups in total. The van der Waals surface area contributed by atoms with Gasteiger partial charge in [-0.3, -0.25) is 4.99 Å². The molecule has 0 fully saturated rings. The van der Waals surface area contributed by atoms with Crippen LogP contribution in [0.3, 0.4) is 0 Å². The molecular weight excluding hydrogens is 406 g/mol. The summed E-state index contributed by atoms with van der Waals surface area (Å²) in [4.78, 5) is 8.29. The number of aromatic nitrogens is 2. The molecule has 0 spiro atoms. The number of para-hydroxylation sites is 1. The third kappa shape index (κ3) is 5.86. The number of thiophene rings is 1. The van der Waals surface area contributed by atoms with Crippen molar-refractivity contribution in [3.05, 3.63) is 64.0 Å². The summed E-state index contributed by atoms with van der Waals surface area (Å²) in [5.41, 5.74) is 8.21. The van der Waals surface area contributed by atoms with Crippen LogP contribution in [-0.4, -0.2) is 47.3 Å². The van der Waals surface area contributed by atoms with E-state index in [1.165, 1.54) is 4.88 Å². The maximum absolute atomic E-state index is 9.56. The lowest BCUT2D eigenvalue weighted by atomic mass is 10.1. The zero-order valence-electron chi connectivity index (χ0n) is 18.1.